The molecular weight excluding hydrogens is 492 g/mol. The van der Waals surface area contributed by atoms with Crippen molar-refractivity contribution < 1.29 is 20.4 Å². The molecule has 0 atom stereocenters. The number of carbonyl (C=O) groups excluding carboxylic acids is 1. The molecule has 190 valence electrons. The van der Waals surface area contributed by atoms with Crippen LogP contribution in [-0.4, -0.2) is 34.2 Å². The predicted molar refractivity (Wildman–Crippen MR) is 143 cm³/mol. The lowest BCUT2D eigenvalue weighted by molar-refractivity contribution is -0.368. The van der Waals surface area contributed by atoms with Gasteiger partial charge in [0.2, 0.25) is 0 Å². The lowest BCUT2D eigenvalue weighted by Crippen LogP contribution is -2.50. The van der Waals surface area contributed by atoms with Crippen molar-refractivity contribution in [1.82, 2.24) is 14.5 Å². The van der Waals surface area contributed by atoms with E-state index in [-0.39, 0.29) is 5.56 Å². The smallest absolute Gasteiger partial charge is 0.275 e. The standard InChI is InChI=1S/C26H23ClN4O2.C2H4O2/c1-33-18-11-12-20-21(15-18)29-24(26(32)30-20)23-19-5-2-3-6-22(19)31(14-4-13-28)25(23)16-7-9-17(27)10-8-16;1-2(3)4/h2-3,5-12,15H,4,13-14,28H2,1H3,(H,30,32);1H3,(H,3,4). The van der Waals surface area contributed by atoms with Gasteiger partial charge in [-0.3, -0.25) is 4.79 Å². The Bertz CT molecular complexity index is 1620. The molecule has 0 unspecified atom stereocenters. The molecule has 8 nitrogen and oxygen atoms in total. The maximum Gasteiger partial charge on any atom is 0.275 e. The lowest BCUT2D eigenvalue weighted by Gasteiger charge is -2.12. The Morgan fingerprint density at radius 2 is 1.84 bits per heavy atom. The molecule has 0 aliphatic carbocycles. The number of methoxy groups -OCH3 is 1. The highest BCUT2D eigenvalue weighted by Crippen LogP contribution is 2.40. The van der Waals surface area contributed by atoms with Crippen LogP contribution in [0.5, 0.6) is 5.75 Å². The molecule has 0 saturated carbocycles. The number of halogens is 1. The highest BCUT2D eigenvalue weighted by molar-refractivity contribution is 6.30. The number of rotatable bonds is 6. The van der Waals surface area contributed by atoms with Crippen molar-refractivity contribution in [3.63, 3.8) is 0 Å². The van der Waals surface area contributed by atoms with Crippen LogP contribution in [-0.2, 0) is 11.3 Å². The van der Waals surface area contributed by atoms with E-state index in [1.165, 1.54) is 0 Å². The van der Waals surface area contributed by atoms with Crippen molar-refractivity contribution in [2.45, 2.75) is 19.9 Å². The molecule has 0 aliphatic heterocycles. The number of quaternary nitrogens is 1. The second-order valence-corrected chi connectivity index (χ2v) is 8.83. The van der Waals surface area contributed by atoms with Crippen LogP contribution in [0.2, 0.25) is 5.02 Å². The summed E-state index contributed by atoms with van der Waals surface area (Å²) in [6, 6.07) is 21.3. The number of H-pyrrole nitrogens is 1. The molecule has 0 aliphatic rings. The van der Waals surface area contributed by atoms with Gasteiger partial charge in [0.25, 0.3) is 5.56 Å². The number of benzene rings is 3. The van der Waals surface area contributed by atoms with Gasteiger partial charge in [-0.2, -0.15) is 0 Å². The number of nitrogens with zero attached hydrogens (tertiary/aromatic N) is 2. The molecule has 0 radical (unpaired) electrons. The number of aromatic amines is 1. The van der Waals surface area contributed by atoms with Gasteiger partial charge >= 0.3 is 0 Å². The number of aryl methyl sites for hydroxylation is 1. The summed E-state index contributed by atoms with van der Waals surface area (Å²) in [5, 5.41) is 10.5. The second-order valence-electron chi connectivity index (χ2n) is 8.40. The Morgan fingerprint density at radius 1 is 1.14 bits per heavy atom. The molecule has 2 aromatic heterocycles. The van der Waals surface area contributed by atoms with E-state index in [0.29, 0.717) is 27.5 Å². The number of hydrogen-bond acceptors (Lipinski definition) is 5. The molecule has 9 heteroatoms. The summed E-state index contributed by atoms with van der Waals surface area (Å²) in [5.74, 6) is -0.399. The third-order valence-electron chi connectivity index (χ3n) is 5.86. The number of fused-ring (bicyclic) bond motifs is 2. The molecule has 0 bridgehead atoms. The highest BCUT2D eigenvalue weighted by atomic mass is 35.5. The van der Waals surface area contributed by atoms with E-state index in [0.717, 1.165) is 54.2 Å². The van der Waals surface area contributed by atoms with Gasteiger partial charge in [0.15, 0.2) is 0 Å². The summed E-state index contributed by atoms with van der Waals surface area (Å²) >= 11 is 6.18. The number of carboxylic acids is 1. The minimum atomic E-state index is -1.08. The summed E-state index contributed by atoms with van der Waals surface area (Å²) in [5.41, 5.74) is 9.27. The summed E-state index contributed by atoms with van der Waals surface area (Å²) in [6.07, 6.45) is 0.914. The van der Waals surface area contributed by atoms with E-state index in [9.17, 15) is 4.79 Å². The molecule has 0 amide bonds. The number of aromatic nitrogens is 3. The maximum absolute atomic E-state index is 13.3. The van der Waals surface area contributed by atoms with Gasteiger partial charge in [-0.05, 0) is 42.8 Å². The third kappa shape index (κ3) is 5.50. The normalized spacial score (nSPS) is 10.8. The average Bonchev–Trinajstić information content (AvgIpc) is 3.21. The van der Waals surface area contributed by atoms with Crippen molar-refractivity contribution in [2.75, 3.05) is 13.7 Å². The molecule has 37 heavy (non-hydrogen) atoms. The van der Waals surface area contributed by atoms with Crippen LogP contribution >= 0.6 is 11.6 Å². The Morgan fingerprint density at radius 3 is 2.51 bits per heavy atom. The Labute approximate surface area is 218 Å². The minimum absolute atomic E-state index is 0.233. The van der Waals surface area contributed by atoms with E-state index in [1.54, 1.807) is 7.11 Å². The Balaban J connectivity index is 0.000000747. The fourth-order valence-electron chi connectivity index (χ4n) is 4.31. The van der Waals surface area contributed by atoms with Crippen molar-refractivity contribution in [2.24, 2.45) is 0 Å². The van der Waals surface area contributed by atoms with E-state index in [1.807, 2.05) is 60.7 Å². The Kier molecular flexibility index (Phi) is 7.91. The monoisotopic (exact) mass is 518 g/mol. The first-order chi connectivity index (χ1) is 17.8. The third-order valence-corrected chi connectivity index (χ3v) is 6.11. The second kappa shape index (κ2) is 11.3. The van der Waals surface area contributed by atoms with E-state index in [4.69, 9.17) is 31.2 Å². The topological polar surface area (TPSA) is 128 Å². The van der Waals surface area contributed by atoms with Crippen LogP contribution in [0.15, 0.2) is 71.5 Å². The molecule has 5 aromatic rings. The SMILES string of the molecule is CC(=O)[O-].COc1ccc2[nH]c(=O)c(-c3c(-c4ccc(Cl)cc4)n(CCC[NH3+])c4ccccc34)nc2c1. The van der Waals surface area contributed by atoms with Gasteiger partial charge in [-0.15, -0.1) is 0 Å². The van der Waals surface area contributed by atoms with Gasteiger partial charge in [-0.1, -0.05) is 41.9 Å². The van der Waals surface area contributed by atoms with Crippen LogP contribution in [0.3, 0.4) is 0 Å². The number of carboxylic acid groups (broad SMARTS) is 1. The van der Waals surface area contributed by atoms with Crippen LogP contribution in [0.4, 0.5) is 0 Å². The molecule has 3 aromatic carbocycles. The van der Waals surface area contributed by atoms with Crippen molar-refractivity contribution in [3.05, 3.63) is 82.1 Å². The lowest BCUT2D eigenvalue weighted by atomic mass is 10.0. The fourth-order valence-corrected chi connectivity index (χ4v) is 4.44. The number of aliphatic carboxylic acids is 1. The molecule has 4 N–H and O–H groups in total. The van der Waals surface area contributed by atoms with Crippen LogP contribution < -0.4 is 21.1 Å². The van der Waals surface area contributed by atoms with Crippen molar-refractivity contribution in [3.8, 4) is 28.3 Å². The van der Waals surface area contributed by atoms with Gasteiger partial charge in [0, 0.05) is 46.5 Å². The van der Waals surface area contributed by atoms with Crippen LogP contribution in [0.25, 0.3) is 44.5 Å². The number of carbonyl (C=O) groups is 1. The number of para-hydroxylation sites is 1. The minimum Gasteiger partial charge on any atom is -0.550 e. The zero-order valence-corrected chi connectivity index (χ0v) is 21.3. The zero-order valence-electron chi connectivity index (χ0n) is 20.6. The summed E-state index contributed by atoms with van der Waals surface area (Å²) in [6.45, 7) is 2.57. The Hall–Kier alpha value is -4.14. The molecule has 0 saturated heterocycles. The molecule has 5 rings (SSSR count). The number of hydrogen-bond donors (Lipinski definition) is 2. The van der Waals surface area contributed by atoms with Crippen LogP contribution in [0, 0.1) is 0 Å². The first kappa shape index (κ1) is 25.9. The summed E-state index contributed by atoms with van der Waals surface area (Å²) in [7, 11) is 1.61. The number of ether oxygens (including phenoxy) is 1. The number of nitrogens with one attached hydrogen (secondary N) is 1. The maximum atomic E-state index is 13.3. The quantitative estimate of drug-likeness (QED) is 0.356. The first-order valence-electron chi connectivity index (χ1n) is 11.8. The molecule has 2 heterocycles. The summed E-state index contributed by atoms with van der Waals surface area (Å²) < 4.78 is 7.63. The first-order valence-corrected chi connectivity index (χ1v) is 12.1. The average molecular weight is 519 g/mol. The van der Waals surface area contributed by atoms with Crippen LogP contribution in [0.1, 0.15) is 13.3 Å². The van der Waals surface area contributed by atoms with E-state index in [2.05, 4.69) is 21.4 Å². The largest absolute Gasteiger partial charge is 0.550 e. The zero-order chi connectivity index (χ0) is 26.5. The highest BCUT2D eigenvalue weighted by Gasteiger charge is 2.23. The summed E-state index contributed by atoms with van der Waals surface area (Å²) in [4.78, 5) is 30.0. The van der Waals surface area contributed by atoms with E-state index < -0.39 is 5.97 Å². The van der Waals surface area contributed by atoms with Crippen molar-refractivity contribution >= 4 is 39.5 Å². The van der Waals surface area contributed by atoms with Gasteiger partial charge in [0.05, 0.1) is 30.4 Å². The van der Waals surface area contributed by atoms with Gasteiger partial charge in [-0.25, -0.2) is 4.98 Å². The van der Waals surface area contributed by atoms with Gasteiger partial charge in [0.1, 0.15) is 11.4 Å². The van der Waals surface area contributed by atoms with Gasteiger partial charge < -0.3 is 29.9 Å². The molecule has 0 spiro atoms. The molecular formula is C28H27ClN4O4. The fraction of sp³-hybridized carbons (Fsp3) is 0.179. The predicted octanol–water partition coefficient (Wildman–Crippen LogP) is 3.26. The molecule has 0 fully saturated rings. The van der Waals surface area contributed by atoms with Crippen molar-refractivity contribution in [1.29, 1.82) is 0 Å². The van der Waals surface area contributed by atoms with E-state index >= 15 is 0 Å².